The van der Waals surface area contributed by atoms with Gasteiger partial charge in [-0.3, -0.25) is 4.79 Å². The lowest BCUT2D eigenvalue weighted by Gasteiger charge is -2.07. The summed E-state index contributed by atoms with van der Waals surface area (Å²) in [5, 5.41) is 30.0. The zero-order valence-corrected chi connectivity index (χ0v) is 18.7. The molecule has 11 heteroatoms. The molecule has 0 aliphatic carbocycles. The van der Waals surface area contributed by atoms with Crippen LogP contribution in [0.25, 0.3) is 27.0 Å². The lowest BCUT2D eigenvalue weighted by molar-refractivity contribution is -0.672. The van der Waals surface area contributed by atoms with Crippen LogP contribution in [-0.2, 0) is 0 Å². The van der Waals surface area contributed by atoms with E-state index in [0.717, 1.165) is 27.1 Å². The molecule has 0 spiro atoms. The highest BCUT2D eigenvalue weighted by molar-refractivity contribution is 7.21. The van der Waals surface area contributed by atoms with Gasteiger partial charge in [0.2, 0.25) is 5.69 Å². The summed E-state index contributed by atoms with van der Waals surface area (Å²) in [6.45, 7) is 1.92. The average Bonchev–Trinajstić information content (AvgIpc) is 3.53. The Morgan fingerprint density at radius 3 is 2.67 bits per heavy atom. The molecule has 5 aromatic rings. The Hall–Kier alpha value is -4.27. The number of nitriles is 1. The molecule has 0 atom stereocenters. The second-order valence-electron chi connectivity index (χ2n) is 7.18. The molecule has 4 heterocycles. The van der Waals surface area contributed by atoms with E-state index in [1.165, 1.54) is 11.3 Å². The first-order chi connectivity index (χ1) is 15.9. The number of carbonyl (C=O) groups excluding carboxylic acids is 1. The van der Waals surface area contributed by atoms with Crippen molar-refractivity contribution in [2.24, 2.45) is 0 Å². The van der Waals surface area contributed by atoms with Crippen LogP contribution in [0.4, 0.5) is 11.5 Å². The quantitative estimate of drug-likeness (QED) is 0.297. The topological polar surface area (TPSA) is 159 Å². The van der Waals surface area contributed by atoms with E-state index in [9.17, 15) is 15.2 Å². The van der Waals surface area contributed by atoms with Gasteiger partial charge in [-0.25, -0.2) is 4.98 Å². The molecular weight excluding hydrogens is 460 g/mol. The van der Waals surface area contributed by atoms with Crippen molar-refractivity contribution in [1.82, 2.24) is 10.3 Å². The molecule has 1 aromatic carbocycles. The van der Waals surface area contributed by atoms with Crippen molar-refractivity contribution >= 4 is 50.2 Å². The van der Waals surface area contributed by atoms with E-state index in [0.29, 0.717) is 21.5 Å². The van der Waals surface area contributed by atoms with Gasteiger partial charge in [0.1, 0.15) is 27.2 Å². The molecule has 4 N–H and O–H groups in total. The Balaban J connectivity index is 1.74. The number of aromatic nitrogens is 3. The Kier molecular flexibility index (Phi) is 4.81. The highest BCUT2D eigenvalue weighted by Crippen LogP contribution is 2.43. The van der Waals surface area contributed by atoms with Crippen LogP contribution >= 0.6 is 22.7 Å². The molecule has 9 nitrogen and oxygen atoms in total. The predicted molar refractivity (Wildman–Crippen MR) is 122 cm³/mol. The molecule has 5 rings (SSSR count). The predicted octanol–water partition coefficient (Wildman–Crippen LogP) is 2.94. The molecule has 33 heavy (non-hydrogen) atoms. The Morgan fingerprint density at radius 2 is 2.00 bits per heavy atom. The zero-order valence-electron chi connectivity index (χ0n) is 17.0. The van der Waals surface area contributed by atoms with Crippen molar-refractivity contribution in [3.63, 3.8) is 0 Å². The first kappa shape index (κ1) is 20.6. The second kappa shape index (κ2) is 7.70. The summed E-state index contributed by atoms with van der Waals surface area (Å²) >= 11 is 2.44. The van der Waals surface area contributed by atoms with Crippen molar-refractivity contribution in [1.29, 1.82) is 5.26 Å². The molecule has 0 radical (unpaired) electrons. The van der Waals surface area contributed by atoms with Gasteiger partial charge in [0.05, 0.1) is 11.0 Å². The van der Waals surface area contributed by atoms with Gasteiger partial charge in [0, 0.05) is 23.1 Å². The maximum Gasteiger partial charge on any atom is 0.312 e. The SMILES string of the molecule is Cc1ccc(-[n+]2noc([O-])c2C(=O)c2sc3nc(N)c(C#N)c(-c4ccsc4)c3c2N)cc1. The minimum Gasteiger partial charge on any atom is -0.539 e. The van der Waals surface area contributed by atoms with E-state index in [2.05, 4.69) is 16.3 Å². The maximum atomic E-state index is 13.5. The largest absolute Gasteiger partial charge is 0.539 e. The number of carbonyl (C=O) groups is 1. The van der Waals surface area contributed by atoms with E-state index in [4.69, 9.17) is 16.0 Å². The number of aryl methyl sites for hydroxylation is 1. The minimum absolute atomic E-state index is 0.0376. The van der Waals surface area contributed by atoms with Crippen LogP contribution in [0.1, 0.15) is 26.5 Å². The number of thiophene rings is 2. The number of hydrogen-bond donors (Lipinski definition) is 2. The molecule has 0 unspecified atom stereocenters. The lowest BCUT2D eigenvalue weighted by Crippen LogP contribution is -2.39. The summed E-state index contributed by atoms with van der Waals surface area (Å²) < 4.78 is 5.95. The molecule has 0 fully saturated rings. The second-order valence-corrected chi connectivity index (χ2v) is 8.96. The highest BCUT2D eigenvalue weighted by atomic mass is 32.1. The van der Waals surface area contributed by atoms with Crippen molar-refractivity contribution in [2.45, 2.75) is 6.92 Å². The van der Waals surface area contributed by atoms with Gasteiger partial charge in [-0.15, -0.1) is 11.3 Å². The van der Waals surface area contributed by atoms with E-state index in [1.807, 2.05) is 35.9 Å². The van der Waals surface area contributed by atoms with Crippen LogP contribution in [-0.4, -0.2) is 16.0 Å². The van der Waals surface area contributed by atoms with Crippen LogP contribution in [0.15, 0.2) is 45.6 Å². The van der Waals surface area contributed by atoms with Gasteiger partial charge in [0.15, 0.2) is 5.95 Å². The molecular formula is C22H14N6O3S2. The van der Waals surface area contributed by atoms with Crippen LogP contribution in [0.5, 0.6) is 5.95 Å². The molecule has 0 saturated heterocycles. The third kappa shape index (κ3) is 3.20. The van der Waals surface area contributed by atoms with Crippen molar-refractivity contribution in [3.05, 3.63) is 62.8 Å². The highest BCUT2D eigenvalue weighted by Gasteiger charge is 2.33. The lowest BCUT2D eigenvalue weighted by atomic mass is 9.99. The van der Waals surface area contributed by atoms with Gasteiger partial charge in [-0.1, -0.05) is 17.7 Å². The minimum atomic E-state index is -0.888. The van der Waals surface area contributed by atoms with Gasteiger partial charge in [-0.05, 0) is 34.0 Å². The zero-order chi connectivity index (χ0) is 23.3. The van der Waals surface area contributed by atoms with Crippen molar-refractivity contribution in [3.8, 4) is 28.8 Å². The van der Waals surface area contributed by atoms with E-state index >= 15 is 0 Å². The first-order valence-corrected chi connectivity index (χ1v) is 11.3. The number of fused-ring (bicyclic) bond motifs is 1. The van der Waals surface area contributed by atoms with E-state index < -0.39 is 11.7 Å². The number of nitrogens with two attached hydrogens (primary N) is 2. The van der Waals surface area contributed by atoms with Crippen LogP contribution in [0.3, 0.4) is 0 Å². The number of nitrogens with zero attached hydrogens (tertiary/aromatic N) is 4. The summed E-state index contributed by atoms with van der Waals surface area (Å²) in [7, 11) is 0. The first-order valence-electron chi connectivity index (χ1n) is 9.55. The summed E-state index contributed by atoms with van der Waals surface area (Å²) in [6, 6.07) is 11.0. The molecule has 0 bridgehead atoms. The number of ketones is 1. The van der Waals surface area contributed by atoms with E-state index in [-0.39, 0.29) is 27.6 Å². The van der Waals surface area contributed by atoms with Crippen molar-refractivity contribution < 1.29 is 19.1 Å². The van der Waals surface area contributed by atoms with Crippen LogP contribution in [0.2, 0.25) is 0 Å². The molecule has 0 aliphatic heterocycles. The smallest absolute Gasteiger partial charge is 0.312 e. The number of nitrogen functional groups attached to an aromatic ring is 2. The molecule has 4 aromatic heterocycles. The summed E-state index contributed by atoms with van der Waals surface area (Å²) in [5.41, 5.74) is 15.2. The number of rotatable bonds is 4. The molecule has 162 valence electrons. The number of hydrogen-bond acceptors (Lipinski definition) is 10. The summed E-state index contributed by atoms with van der Waals surface area (Å²) in [6.07, 6.45) is 0. The van der Waals surface area contributed by atoms with Gasteiger partial charge in [0.25, 0.3) is 5.78 Å². The van der Waals surface area contributed by atoms with Gasteiger partial charge in [-0.2, -0.15) is 16.6 Å². The number of benzene rings is 1. The Bertz CT molecular complexity index is 1580. The maximum absolute atomic E-state index is 13.5. The number of anilines is 2. The van der Waals surface area contributed by atoms with Gasteiger partial charge >= 0.3 is 5.69 Å². The fourth-order valence-corrected chi connectivity index (χ4v) is 5.25. The average molecular weight is 475 g/mol. The Labute approximate surface area is 194 Å². The van der Waals surface area contributed by atoms with Crippen LogP contribution < -0.4 is 21.3 Å². The third-order valence-electron chi connectivity index (χ3n) is 5.14. The molecule has 0 aliphatic rings. The third-order valence-corrected chi connectivity index (χ3v) is 6.92. The fourth-order valence-electron chi connectivity index (χ4n) is 3.55. The van der Waals surface area contributed by atoms with E-state index in [1.54, 1.807) is 12.1 Å². The summed E-state index contributed by atoms with van der Waals surface area (Å²) in [5.74, 6) is -1.51. The standard InChI is InChI=1S/C22H14N6O3S2/c1-10-2-4-12(5-3-10)28-17(22(30)31-27-28)18(29)19-16(24)15-14(11-6-7-32-9-11)13(8-23)20(25)26-21(15)33-19/h2-7,9H,1H3,(H4-,24,25,26,27,29,30). The Morgan fingerprint density at radius 1 is 1.24 bits per heavy atom. The molecule has 0 saturated carbocycles. The normalized spacial score (nSPS) is 11.0. The summed E-state index contributed by atoms with van der Waals surface area (Å²) in [4.78, 5) is 18.3. The molecule has 0 amide bonds. The number of pyridine rings is 1. The fraction of sp³-hybridized carbons (Fsp3) is 0.0455. The van der Waals surface area contributed by atoms with Crippen molar-refractivity contribution in [2.75, 3.05) is 11.5 Å². The monoisotopic (exact) mass is 474 g/mol. The van der Waals surface area contributed by atoms with Crippen LogP contribution in [0, 0.1) is 18.3 Å². The van der Waals surface area contributed by atoms with Gasteiger partial charge < -0.3 is 21.1 Å².